The average molecular weight is 448 g/mol. The van der Waals surface area contributed by atoms with Crippen LogP contribution in [0.4, 0.5) is 11.4 Å². The van der Waals surface area contributed by atoms with Crippen molar-refractivity contribution in [3.8, 4) is 11.8 Å². The van der Waals surface area contributed by atoms with Gasteiger partial charge in [0.1, 0.15) is 17.4 Å². The first kappa shape index (κ1) is 22.2. The minimum Gasteiger partial charge on any atom is -0.423 e. The fourth-order valence-corrected chi connectivity index (χ4v) is 2.72. The molecule has 9 heteroatoms. The molecule has 0 saturated heterocycles. The van der Waals surface area contributed by atoms with Gasteiger partial charge in [0.15, 0.2) is 0 Å². The predicted molar refractivity (Wildman–Crippen MR) is 118 cm³/mol. The Bertz CT molecular complexity index is 1250. The molecule has 0 unspecified atom stereocenters. The summed E-state index contributed by atoms with van der Waals surface area (Å²) in [5.74, 6) is -1.14. The molecule has 3 aromatic carbocycles. The van der Waals surface area contributed by atoms with Crippen LogP contribution < -0.4 is 10.1 Å². The van der Waals surface area contributed by atoms with Crippen LogP contribution in [0.2, 0.25) is 5.02 Å². The van der Waals surface area contributed by atoms with Crippen molar-refractivity contribution < 1.29 is 19.2 Å². The molecule has 0 aromatic heterocycles. The van der Waals surface area contributed by atoms with Crippen LogP contribution in [-0.4, -0.2) is 16.8 Å². The third kappa shape index (κ3) is 5.78. The average Bonchev–Trinajstić information content (AvgIpc) is 2.80. The van der Waals surface area contributed by atoms with Gasteiger partial charge in [0, 0.05) is 22.8 Å². The van der Waals surface area contributed by atoms with Crippen molar-refractivity contribution in [3.63, 3.8) is 0 Å². The normalized spacial score (nSPS) is 10.7. The number of nitro groups is 1. The van der Waals surface area contributed by atoms with Gasteiger partial charge in [-0.25, -0.2) is 4.79 Å². The molecule has 1 amide bonds. The smallest absolute Gasteiger partial charge is 0.343 e. The van der Waals surface area contributed by atoms with Crippen molar-refractivity contribution in [1.82, 2.24) is 0 Å². The van der Waals surface area contributed by atoms with E-state index in [1.54, 1.807) is 36.4 Å². The van der Waals surface area contributed by atoms with Gasteiger partial charge in [-0.05, 0) is 54.1 Å². The Balaban J connectivity index is 1.69. The van der Waals surface area contributed by atoms with Gasteiger partial charge in [-0.15, -0.1) is 0 Å². The lowest BCUT2D eigenvalue weighted by Gasteiger charge is -2.06. The van der Waals surface area contributed by atoms with E-state index in [9.17, 15) is 25.0 Å². The molecule has 1 N–H and O–H groups in total. The second-order valence-corrected chi connectivity index (χ2v) is 6.83. The zero-order valence-electron chi connectivity index (χ0n) is 16.3. The Labute approximate surface area is 187 Å². The fourth-order valence-electron chi connectivity index (χ4n) is 2.59. The van der Waals surface area contributed by atoms with Crippen molar-refractivity contribution in [2.45, 2.75) is 0 Å². The van der Waals surface area contributed by atoms with E-state index in [1.165, 1.54) is 36.4 Å². The first-order chi connectivity index (χ1) is 15.4. The van der Waals surface area contributed by atoms with Crippen LogP contribution in [0.1, 0.15) is 15.9 Å². The van der Waals surface area contributed by atoms with Crippen LogP contribution >= 0.6 is 11.6 Å². The maximum Gasteiger partial charge on any atom is 0.343 e. The number of hydrogen-bond donors (Lipinski definition) is 1. The summed E-state index contributed by atoms with van der Waals surface area (Å²) in [6.07, 6.45) is 1.39. The van der Waals surface area contributed by atoms with E-state index in [0.29, 0.717) is 16.3 Å². The number of carbonyl (C=O) groups excluding carboxylic acids is 2. The molecule has 0 aliphatic rings. The second-order valence-electron chi connectivity index (χ2n) is 6.40. The summed E-state index contributed by atoms with van der Waals surface area (Å²) in [4.78, 5) is 34.8. The molecule has 0 spiro atoms. The lowest BCUT2D eigenvalue weighted by atomic mass is 10.1. The largest absolute Gasteiger partial charge is 0.423 e. The van der Waals surface area contributed by atoms with E-state index in [4.69, 9.17) is 16.3 Å². The van der Waals surface area contributed by atoms with E-state index in [0.717, 1.165) is 6.07 Å². The van der Waals surface area contributed by atoms with Gasteiger partial charge >= 0.3 is 5.97 Å². The number of non-ortho nitro benzene ring substituents is 1. The van der Waals surface area contributed by atoms with Gasteiger partial charge in [-0.3, -0.25) is 14.9 Å². The minimum absolute atomic E-state index is 0.0359. The Morgan fingerprint density at radius 1 is 1.06 bits per heavy atom. The van der Waals surface area contributed by atoms with Crippen molar-refractivity contribution in [2.75, 3.05) is 5.32 Å². The van der Waals surface area contributed by atoms with Crippen molar-refractivity contribution in [1.29, 1.82) is 5.26 Å². The molecule has 0 atom stereocenters. The van der Waals surface area contributed by atoms with Gasteiger partial charge in [0.25, 0.3) is 11.6 Å². The maximum atomic E-state index is 12.3. The SMILES string of the molecule is N#C/C(=C\c1ccc(OC(=O)c2cccc([N+](=O)[O-])c2)cc1)C(=O)Nc1ccc(Cl)cc1. The molecule has 0 bridgehead atoms. The van der Waals surface area contributed by atoms with E-state index in [2.05, 4.69) is 5.32 Å². The number of nitro benzene ring substituents is 1. The van der Waals surface area contributed by atoms with Crippen LogP contribution in [0.3, 0.4) is 0 Å². The van der Waals surface area contributed by atoms with Gasteiger partial charge in [0.2, 0.25) is 0 Å². The Morgan fingerprint density at radius 2 is 1.75 bits per heavy atom. The summed E-state index contributed by atoms with van der Waals surface area (Å²) in [5.41, 5.74) is 0.711. The van der Waals surface area contributed by atoms with Crippen LogP contribution in [-0.2, 0) is 4.79 Å². The highest BCUT2D eigenvalue weighted by Crippen LogP contribution is 2.19. The maximum absolute atomic E-state index is 12.3. The molecule has 158 valence electrons. The number of rotatable bonds is 6. The molecule has 0 heterocycles. The lowest BCUT2D eigenvalue weighted by Crippen LogP contribution is -2.13. The zero-order valence-corrected chi connectivity index (χ0v) is 17.1. The second kappa shape index (κ2) is 10.0. The summed E-state index contributed by atoms with van der Waals surface area (Å²) in [6, 6.07) is 19.6. The summed E-state index contributed by atoms with van der Waals surface area (Å²) >= 11 is 5.81. The molecule has 8 nitrogen and oxygen atoms in total. The molecular formula is C23H14ClN3O5. The number of benzene rings is 3. The molecule has 0 saturated carbocycles. The highest BCUT2D eigenvalue weighted by Gasteiger charge is 2.14. The molecule has 0 fully saturated rings. The molecule has 32 heavy (non-hydrogen) atoms. The molecule has 0 radical (unpaired) electrons. The number of esters is 1. The monoisotopic (exact) mass is 447 g/mol. The molecule has 3 aromatic rings. The Kier molecular flexibility index (Phi) is 6.95. The van der Waals surface area contributed by atoms with Crippen molar-refractivity contribution in [3.05, 3.63) is 105 Å². The van der Waals surface area contributed by atoms with E-state index in [-0.39, 0.29) is 22.6 Å². The third-order valence-corrected chi connectivity index (χ3v) is 4.41. The number of ether oxygens (including phenoxy) is 1. The number of halogens is 1. The molecule has 0 aliphatic heterocycles. The van der Waals surface area contributed by atoms with E-state index >= 15 is 0 Å². The van der Waals surface area contributed by atoms with Gasteiger partial charge in [0.05, 0.1) is 10.5 Å². The van der Waals surface area contributed by atoms with Crippen LogP contribution in [0, 0.1) is 21.4 Å². The Hall–Kier alpha value is -4.48. The quantitative estimate of drug-likeness (QED) is 0.141. The number of nitrogens with one attached hydrogen (secondary N) is 1. The fraction of sp³-hybridized carbons (Fsp3) is 0. The van der Waals surface area contributed by atoms with Crippen LogP contribution in [0.25, 0.3) is 6.08 Å². The van der Waals surface area contributed by atoms with Crippen molar-refractivity contribution in [2.24, 2.45) is 0 Å². The summed E-state index contributed by atoms with van der Waals surface area (Å²) < 4.78 is 5.22. The standard InChI is InChI=1S/C23H14ClN3O5/c24-18-6-8-19(9-7-18)26-22(28)17(14-25)12-15-4-10-21(11-5-15)32-23(29)16-2-1-3-20(13-16)27(30)31/h1-13H,(H,26,28)/b17-12+. The lowest BCUT2D eigenvalue weighted by molar-refractivity contribution is -0.384. The first-order valence-corrected chi connectivity index (χ1v) is 9.49. The number of nitriles is 1. The van der Waals surface area contributed by atoms with Crippen LogP contribution in [0.15, 0.2) is 78.4 Å². The zero-order chi connectivity index (χ0) is 23.1. The number of nitrogens with zero attached hydrogens (tertiary/aromatic N) is 2. The predicted octanol–water partition coefficient (Wildman–Crippen LogP) is 5.01. The Morgan fingerprint density at radius 3 is 2.38 bits per heavy atom. The summed E-state index contributed by atoms with van der Waals surface area (Å²) in [6.45, 7) is 0. The van der Waals surface area contributed by atoms with Gasteiger partial charge < -0.3 is 10.1 Å². The number of amides is 1. The highest BCUT2D eigenvalue weighted by molar-refractivity contribution is 6.30. The highest BCUT2D eigenvalue weighted by atomic mass is 35.5. The van der Waals surface area contributed by atoms with Crippen molar-refractivity contribution >= 4 is 40.9 Å². The molecule has 3 rings (SSSR count). The van der Waals surface area contributed by atoms with Gasteiger partial charge in [-0.1, -0.05) is 29.8 Å². The van der Waals surface area contributed by atoms with E-state index < -0.39 is 16.8 Å². The minimum atomic E-state index is -0.753. The number of carbonyl (C=O) groups is 2. The topological polar surface area (TPSA) is 122 Å². The first-order valence-electron chi connectivity index (χ1n) is 9.11. The summed E-state index contributed by atoms with van der Waals surface area (Å²) in [5, 5.41) is 23.3. The van der Waals surface area contributed by atoms with Gasteiger partial charge in [-0.2, -0.15) is 5.26 Å². The summed E-state index contributed by atoms with van der Waals surface area (Å²) in [7, 11) is 0. The molecular weight excluding hydrogens is 434 g/mol. The third-order valence-electron chi connectivity index (χ3n) is 4.16. The number of hydrogen-bond acceptors (Lipinski definition) is 6. The van der Waals surface area contributed by atoms with E-state index in [1.807, 2.05) is 6.07 Å². The van der Waals surface area contributed by atoms with Crippen LogP contribution in [0.5, 0.6) is 5.75 Å². The molecule has 0 aliphatic carbocycles. The number of anilines is 1.